The lowest BCUT2D eigenvalue weighted by atomic mass is 10.0. The van der Waals surface area contributed by atoms with Gasteiger partial charge in [0.2, 0.25) is 0 Å². The third-order valence-electron chi connectivity index (χ3n) is 4.14. The first-order valence-electron chi connectivity index (χ1n) is 8.66. The van der Waals surface area contributed by atoms with Gasteiger partial charge in [-0.05, 0) is 54.3 Å². The molecule has 0 unspecified atom stereocenters. The molecule has 27 heavy (non-hydrogen) atoms. The van der Waals surface area contributed by atoms with Crippen molar-refractivity contribution >= 4 is 21.6 Å². The summed E-state index contributed by atoms with van der Waals surface area (Å²) in [6.45, 7) is 5.81. The van der Waals surface area contributed by atoms with Crippen LogP contribution in [0.15, 0.2) is 47.4 Å². The van der Waals surface area contributed by atoms with E-state index in [1.54, 1.807) is 39.2 Å². The van der Waals surface area contributed by atoms with Crippen LogP contribution in [0.5, 0.6) is 5.75 Å². The van der Waals surface area contributed by atoms with Crippen molar-refractivity contribution in [3.8, 4) is 5.75 Å². The predicted molar refractivity (Wildman–Crippen MR) is 107 cm³/mol. The highest BCUT2D eigenvalue weighted by Gasteiger charge is 2.16. The summed E-state index contributed by atoms with van der Waals surface area (Å²) < 4.78 is 33.3. The highest BCUT2D eigenvalue weighted by molar-refractivity contribution is 7.92. The van der Waals surface area contributed by atoms with Gasteiger partial charge in [-0.2, -0.15) is 0 Å². The van der Waals surface area contributed by atoms with Gasteiger partial charge in [0.05, 0.1) is 4.90 Å². The largest absolute Gasteiger partial charge is 0.483 e. The molecule has 0 fully saturated rings. The van der Waals surface area contributed by atoms with Crippen molar-refractivity contribution in [2.24, 2.45) is 0 Å². The van der Waals surface area contributed by atoms with Crippen molar-refractivity contribution < 1.29 is 17.9 Å². The number of benzene rings is 2. The standard InChI is InChI=1S/C20H26N2O4S/c1-14(2)16-6-8-17(9-7-16)21-27(24,25)18-10-11-19(15(3)12-18)26-13-20(23)22(4)5/h6-12,14,21H,13H2,1-5H3. The number of likely N-dealkylation sites (N-methyl/N-ethyl adjacent to an activating group) is 1. The number of nitrogens with zero attached hydrogens (tertiary/aromatic N) is 1. The quantitative estimate of drug-likeness (QED) is 0.786. The van der Waals surface area contributed by atoms with Crippen LogP contribution in [-0.4, -0.2) is 39.9 Å². The lowest BCUT2D eigenvalue weighted by Crippen LogP contribution is -2.27. The number of ether oxygens (including phenoxy) is 1. The first-order chi connectivity index (χ1) is 12.6. The Balaban J connectivity index is 2.14. The highest BCUT2D eigenvalue weighted by atomic mass is 32.2. The average Bonchev–Trinajstić information content (AvgIpc) is 2.60. The minimum absolute atomic E-state index is 0.0968. The van der Waals surface area contributed by atoms with Crippen LogP contribution in [0, 0.1) is 6.92 Å². The Labute approximate surface area is 161 Å². The molecule has 7 heteroatoms. The maximum Gasteiger partial charge on any atom is 0.261 e. The van der Waals surface area contributed by atoms with E-state index >= 15 is 0 Å². The third kappa shape index (κ3) is 5.47. The number of hydrogen-bond donors (Lipinski definition) is 1. The van der Waals surface area contributed by atoms with E-state index in [-0.39, 0.29) is 17.4 Å². The fraction of sp³-hybridized carbons (Fsp3) is 0.350. The Morgan fingerprint density at radius 3 is 2.26 bits per heavy atom. The van der Waals surface area contributed by atoms with Gasteiger partial charge < -0.3 is 9.64 Å². The van der Waals surface area contributed by atoms with Gasteiger partial charge in [0, 0.05) is 19.8 Å². The number of carbonyl (C=O) groups excluding carboxylic acids is 1. The van der Waals surface area contributed by atoms with Crippen LogP contribution in [0.25, 0.3) is 0 Å². The first-order valence-corrected chi connectivity index (χ1v) is 10.1. The van der Waals surface area contributed by atoms with E-state index in [0.29, 0.717) is 22.9 Å². The fourth-order valence-electron chi connectivity index (χ4n) is 2.37. The Kier molecular flexibility index (Phi) is 6.49. The van der Waals surface area contributed by atoms with Gasteiger partial charge in [-0.3, -0.25) is 9.52 Å². The van der Waals surface area contributed by atoms with E-state index in [1.165, 1.54) is 17.0 Å². The van der Waals surface area contributed by atoms with Gasteiger partial charge in [-0.15, -0.1) is 0 Å². The second-order valence-corrected chi connectivity index (χ2v) is 8.57. The summed E-state index contributed by atoms with van der Waals surface area (Å²) in [5.41, 5.74) is 2.29. The molecule has 0 atom stereocenters. The van der Waals surface area contributed by atoms with Crippen molar-refractivity contribution in [1.82, 2.24) is 4.90 Å². The molecule has 0 aliphatic rings. The molecular formula is C20H26N2O4S. The van der Waals surface area contributed by atoms with Crippen LogP contribution in [0.2, 0.25) is 0 Å². The number of rotatable bonds is 7. The summed E-state index contributed by atoms with van der Waals surface area (Å²) >= 11 is 0. The molecule has 2 aromatic carbocycles. The van der Waals surface area contributed by atoms with Gasteiger partial charge in [-0.25, -0.2) is 8.42 Å². The molecule has 0 spiro atoms. The topological polar surface area (TPSA) is 75.7 Å². The van der Waals surface area contributed by atoms with Crippen LogP contribution in [0.4, 0.5) is 5.69 Å². The van der Waals surface area contributed by atoms with Crippen LogP contribution in [0.3, 0.4) is 0 Å². The molecule has 0 heterocycles. The molecule has 6 nitrogen and oxygen atoms in total. The van der Waals surface area contributed by atoms with Crippen molar-refractivity contribution in [3.05, 3.63) is 53.6 Å². The predicted octanol–water partition coefficient (Wildman–Crippen LogP) is 3.39. The number of sulfonamides is 1. The summed E-state index contributed by atoms with van der Waals surface area (Å²) in [4.78, 5) is 13.2. The highest BCUT2D eigenvalue weighted by Crippen LogP contribution is 2.24. The Morgan fingerprint density at radius 2 is 1.74 bits per heavy atom. The van der Waals surface area contributed by atoms with Crippen molar-refractivity contribution in [1.29, 1.82) is 0 Å². The van der Waals surface area contributed by atoms with E-state index in [0.717, 1.165) is 5.56 Å². The average molecular weight is 391 g/mol. The zero-order valence-corrected chi connectivity index (χ0v) is 17.1. The molecule has 0 saturated carbocycles. The van der Waals surface area contributed by atoms with Crippen molar-refractivity contribution in [2.75, 3.05) is 25.4 Å². The van der Waals surface area contributed by atoms with E-state index in [9.17, 15) is 13.2 Å². The summed E-state index contributed by atoms with van der Waals surface area (Å²) in [5, 5.41) is 0. The van der Waals surface area contributed by atoms with Gasteiger partial charge in [-0.1, -0.05) is 26.0 Å². The minimum atomic E-state index is -3.71. The smallest absolute Gasteiger partial charge is 0.261 e. The van der Waals surface area contributed by atoms with E-state index in [2.05, 4.69) is 18.6 Å². The van der Waals surface area contributed by atoms with Crippen LogP contribution >= 0.6 is 0 Å². The number of aryl methyl sites for hydroxylation is 1. The summed E-state index contributed by atoms with van der Waals surface area (Å²) in [6.07, 6.45) is 0. The summed E-state index contributed by atoms with van der Waals surface area (Å²) in [6, 6.07) is 11.9. The van der Waals surface area contributed by atoms with Crippen molar-refractivity contribution in [3.63, 3.8) is 0 Å². The van der Waals surface area contributed by atoms with Crippen LogP contribution in [0.1, 0.15) is 30.9 Å². The number of amides is 1. The normalized spacial score (nSPS) is 11.3. The van der Waals surface area contributed by atoms with Crippen molar-refractivity contribution in [2.45, 2.75) is 31.6 Å². The molecule has 1 amide bonds. The maximum atomic E-state index is 12.6. The summed E-state index contributed by atoms with van der Waals surface area (Å²) in [7, 11) is -0.418. The van der Waals surface area contributed by atoms with Crippen LogP contribution < -0.4 is 9.46 Å². The maximum absolute atomic E-state index is 12.6. The van der Waals surface area contributed by atoms with Crippen LogP contribution in [-0.2, 0) is 14.8 Å². The monoisotopic (exact) mass is 390 g/mol. The zero-order chi connectivity index (χ0) is 20.2. The second-order valence-electron chi connectivity index (χ2n) is 6.89. The molecule has 2 aromatic rings. The SMILES string of the molecule is Cc1cc(S(=O)(=O)Nc2ccc(C(C)C)cc2)ccc1OCC(=O)N(C)C. The van der Waals surface area contributed by atoms with E-state index in [4.69, 9.17) is 4.74 Å². The van der Waals surface area contributed by atoms with E-state index < -0.39 is 10.0 Å². The molecule has 0 bridgehead atoms. The molecule has 0 radical (unpaired) electrons. The molecule has 2 rings (SSSR count). The molecule has 0 saturated heterocycles. The van der Waals surface area contributed by atoms with Gasteiger partial charge in [0.25, 0.3) is 15.9 Å². The van der Waals surface area contributed by atoms with Gasteiger partial charge >= 0.3 is 0 Å². The second kappa shape index (κ2) is 8.43. The lowest BCUT2D eigenvalue weighted by molar-refractivity contribution is -0.130. The molecule has 146 valence electrons. The number of anilines is 1. The Bertz CT molecular complexity index is 904. The number of nitrogens with one attached hydrogen (secondary N) is 1. The minimum Gasteiger partial charge on any atom is -0.483 e. The van der Waals surface area contributed by atoms with E-state index in [1.807, 2.05) is 12.1 Å². The summed E-state index contributed by atoms with van der Waals surface area (Å²) in [5.74, 6) is 0.688. The lowest BCUT2D eigenvalue weighted by Gasteiger charge is -2.14. The zero-order valence-electron chi connectivity index (χ0n) is 16.3. The number of hydrogen-bond acceptors (Lipinski definition) is 4. The molecule has 0 aliphatic heterocycles. The molecule has 0 aromatic heterocycles. The number of carbonyl (C=O) groups is 1. The molecule has 0 aliphatic carbocycles. The fourth-order valence-corrected chi connectivity index (χ4v) is 3.51. The Morgan fingerprint density at radius 1 is 1.11 bits per heavy atom. The first kappa shape index (κ1) is 20.8. The Hall–Kier alpha value is -2.54. The molecular weight excluding hydrogens is 364 g/mol. The van der Waals surface area contributed by atoms with Gasteiger partial charge in [0.15, 0.2) is 6.61 Å². The molecule has 1 N–H and O–H groups in total. The third-order valence-corrected chi connectivity index (χ3v) is 5.52. The van der Waals surface area contributed by atoms with Gasteiger partial charge in [0.1, 0.15) is 5.75 Å².